The van der Waals surface area contributed by atoms with Crippen molar-refractivity contribution in [1.29, 1.82) is 0 Å². The molecule has 0 fully saturated rings. The zero-order valence-electron chi connectivity index (χ0n) is 9.08. The van der Waals surface area contributed by atoms with Crippen LogP contribution < -0.4 is 0 Å². The van der Waals surface area contributed by atoms with Crippen LogP contribution in [0.4, 0.5) is 0 Å². The van der Waals surface area contributed by atoms with Crippen LogP contribution in [0.15, 0.2) is 22.7 Å². The monoisotopic (exact) mass is 360 g/mol. The van der Waals surface area contributed by atoms with Gasteiger partial charge in [-0.05, 0) is 34.1 Å². The smallest absolute Gasteiger partial charge is 0.162 e. The van der Waals surface area contributed by atoms with E-state index in [0.717, 1.165) is 32.8 Å². The summed E-state index contributed by atoms with van der Waals surface area (Å²) in [6.07, 6.45) is 0. The van der Waals surface area contributed by atoms with Crippen LogP contribution in [0.5, 0.6) is 0 Å². The third-order valence-electron chi connectivity index (χ3n) is 2.70. The van der Waals surface area contributed by atoms with E-state index in [0.29, 0.717) is 16.0 Å². The highest BCUT2D eigenvalue weighted by atomic mass is 79.9. The molecule has 2 heterocycles. The van der Waals surface area contributed by atoms with Gasteiger partial charge in [-0.2, -0.15) is 11.8 Å². The fourth-order valence-corrected chi connectivity index (χ4v) is 4.04. The number of hydrogen-bond acceptors (Lipinski definition) is 3. The molecule has 2 aromatic rings. The fraction of sp³-hybridized carbons (Fsp3) is 0.167. The lowest BCUT2D eigenvalue weighted by Crippen LogP contribution is -1.97. The van der Waals surface area contributed by atoms with Crippen LogP contribution in [0, 0.1) is 0 Å². The summed E-state index contributed by atoms with van der Waals surface area (Å²) in [4.78, 5) is 8.96. The van der Waals surface area contributed by atoms with E-state index in [1.807, 2.05) is 30.0 Å². The molecule has 0 radical (unpaired) electrons. The molecule has 92 valence electrons. The number of hydrogen-bond donors (Lipinski definition) is 0. The van der Waals surface area contributed by atoms with Crippen molar-refractivity contribution in [2.24, 2.45) is 0 Å². The number of benzene rings is 1. The van der Waals surface area contributed by atoms with Crippen molar-refractivity contribution in [3.05, 3.63) is 44.1 Å². The Kier molecular flexibility index (Phi) is 3.54. The van der Waals surface area contributed by atoms with Crippen LogP contribution in [0.25, 0.3) is 11.4 Å². The molecular formula is C12H7BrCl2N2S. The van der Waals surface area contributed by atoms with E-state index in [2.05, 4.69) is 25.9 Å². The fourth-order valence-electron chi connectivity index (χ4n) is 1.80. The number of rotatable bonds is 1. The summed E-state index contributed by atoms with van der Waals surface area (Å²) < 4.78 is 0.872. The molecule has 1 aromatic heterocycles. The molecule has 2 nitrogen and oxygen atoms in total. The first-order valence-electron chi connectivity index (χ1n) is 5.23. The predicted octanol–water partition coefficient (Wildman–Crippen LogP) is 4.96. The highest BCUT2D eigenvalue weighted by molar-refractivity contribution is 9.10. The van der Waals surface area contributed by atoms with Gasteiger partial charge in [0, 0.05) is 32.1 Å². The highest BCUT2D eigenvalue weighted by Gasteiger charge is 2.19. The number of aromatic nitrogens is 2. The van der Waals surface area contributed by atoms with Gasteiger partial charge in [-0.3, -0.25) is 0 Å². The average molecular weight is 362 g/mol. The molecule has 0 amide bonds. The van der Waals surface area contributed by atoms with Crippen molar-refractivity contribution in [1.82, 2.24) is 9.97 Å². The normalized spacial score (nSPS) is 13.7. The van der Waals surface area contributed by atoms with Crippen molar-refractivity contribution in [2.75, 3.05) is 0 Å². The Morgan fingerprint density at radius 3 is 2.78 bits per heavy atom. The Hall–Kier alpha value is -0.290. The van der Waals surface area contributed by atoms with Gasteiger partial charge in [0.25, 0.3) is 0 Å². The van der Waals surface area contributed by atoms with E-state index in [9.17, 15) is 0 Å². The van der Waals surface area contributed by atoms with E-state index < -0.39 is 0 Å². The van der Waals surface area contributed by atoms with Gasteiger partial charge in [0.2, 0.25) is 0 Å². The van der Waals surface area contributed by atoms with Gasteiger partial charge < -0.3 is 0 Å². The Bertz CT molecular complexity index is 634. The van der Waals surface area contributed by atoms with Gasteiger partial charge in [0.15, 0.2) is 5.82 Å². The Balaban J connectivity index is 2.15. The molecule has 0 unspecified atom stereocenters. The summed E-state index contributed by atoms with van der Waals surface area (Å²) in [5, 5.41) is 1.23. The van der Waals surface area contributed by atoms with E-state index >= 15 is 0 Å². The summed E-state index contributed by atoms with van der Waals surface area (Å²) >= 11 is 17.4. The van der Waals surface area contributed by atoms with Crippen molar-refractivity contribution < 1.29 is 0 Å². The molecule has 0 saturated carbocycles. The summed E-state index contributed by atoms with van der Waals surface area (Å²) in [6, 6.07) is 5.55. The first-order chi connectivity index (χ1) is 8.65. The van der Waals surface area contributed by atoms with Gasteiger partial charge in [-0.1, -0.05) is 23.2 Å². The van der Waals surface area contributed by atoms with Gasteiger partial charge in [0.1, 0.15) is 5.15 Å². The topological polar surface area (TPSA) is 25.8 Å². The largest absolute Gasteiger partial charge is 0.232 e. The molecule has 1 aliphatic heterocycles. The predicted molar refractivity (Wildman–Crippen MR) is 80.2 cm³/mol. The highest BCUT2D eigenvalue weighted by Crippen LogP contribution is 2.36. The molecule has 1 aliphatic rings. The number of halogens is 3. The first-order valence-corrected chi connectivity index (χ1v) is 7.94. The van der Waals surface area contributed by atoms with Crippen LogP contribution in [0.3, 0.4) is 0 Å². The minimum atomic E-state index is 0.557. The minimum Gasteiger partial charge on any atom is -0.232 e. The SMILES string of the molecule is Clc1ccc(-c2nc(Cl)c3c(n2)CSC3)c(Br)c1. The zero-order chi connectivity index (χ0) is 12.7. The molecular weight excluding hydrogens is 355 g/mol. The molecule has 0 N–H and O–H groups in total. The first kappa shape index (κ1) is 12.7. The Morgan fingerprint density at radius 2 is 2.00 bits per heavy atom. The van der Waals surface area contributed by atoms with E-state index in [1.165, 1.54) is 0 Å². The lowest BCUT2D eigenvalue weighted by atomic mass is 10.2. The minimum absolute atomic E-state index is 0.557. The van der Waals surface area contributed by atoms with Crippen LogP contribution in [-0.4, -0.2) is 9.97 Å². The van der Waals surface area contributed by atoms with Crippen LogP contribution >= 0.6 is 50.9 Å². The Morgan fingerprint density at radius 1 is 1.17 bits per heavy atom. The van der Waals surface area contributed by atoms with Crippen LogP contribution in [0.1, 0.15) is 11.3 Å². The van der Waals surface area contributed by atoms with Crippen molar-refractivity contribution >= 4 is 50.9 Å². The zero-order valence-corrected chi connectivity index (χ0v) is 13.0. The average Bonchev–Trinajstić information content (AvgIpc) is 2.77. The number of fused-ring (bicyclic) bond motifs is 1. The van der Waals surface area contributed by atoms with E-state index in [1.54, 1.807) is 0 Å². The van der Waals surface area contributed by atoms with E-state index in [-0.39, 0.29) is 0 Å². The molecule has 0 saturated heterocycles. The molecule has 3 rings (SSSR count). The molecule has 0 atom stereocenters. The second kappa shape index (κ2) is 5.00. The lowest BCUT2D eigenvalue weighted by Gasteiger charge is -2.07. The van der Waals surface area contributed by atoms with Crippen LogP contribution in [0.2, 0.25) is 10.2 Å². The standard InChI is InChI=1S/C12H7BrCl2N2S/c13-9-3-6(14)1-2-7(9)12-16-10-5-18-4-8(10)11(15)17-12/h1-3H,4-5H2. The maximum absolute atomic E-state index is 6.20. The van der Waals surface area contributed by atoms with Crippen molar-refractivity contribution in [3.8, 4) is 11.4 Å². The van der Waals surface area contributed by atoms with Crippen LogP contribution in [-0.2, 0) is 11.5 Å². The Labute approximate surface area is 127 Å². The van der Waals surface area contributed by atoms with Crippen molar-refractivity contribution in [2.45, 2.75) is 11.5 Å². The van der Waals surface area contributed by atoms with Gasteiger partial charge in [0.05, 0.1) is 5.69 Å². The van der Waals surface area contributed by atoms with E-state index in [4.69, 9.17) is 23.2 Å². The molecule has 0 bridgehead atoms. The molecule has 18 heavy (non-hydrogen) atoms. The van der Waals surface area contributed by atoms with Crippen molar-refractivity contribution in [3.63, 3.8) is 0 Å². The molecule has 0 spiro atoms. The maximum atomic E-state index is 6.20. The van der Waals surface area contributed by atoms with Gasteiger partial charge in [-0.25, -0.2) is 9.97 Å². The number of nitrogens with zero attached hydrogens (tertiary/aromatic N) is 2. The quantitative estimate of drug-likeness (QED) is 0.671. The second-order valence-electron chi connectivity index (χ2n) is 3.88. The maximum Gasteiger partial charge on any atom is 0.162 e. The molecule has 0 aliphatic carbocycles. The summed E-state index contributed by atoms with van der Waals surface area (Å²) in [7, 11) is 0. The third-order valence-corrected chi connectivity index (χ3v) is 4.87. The molecule has 6 heteroatoms. The lowest BCUT2D eigenvalue weighted by molar-refractivity contribution is 1.07. The summed E-state index contributed by atoms with van der Waals surface area (Å²) in [5.74, 6) is 2.44. The second-order valence-corrected chi connectivity index (χ2v) is 6.51. The summed E-state index contributed by atoms with van der Waals surface area (Å²) in [5.41, 5.74) is 3.01. The van der Waals surface area contributed by atoms with Gasteiger partial charge >= 0.3 is 0 Å². The number of thioether (sulfide) groups is 1. The molecule has 1 aromatic carbocycles. The van der Waals surface area contributed by atoms with Gasteiger partial charge in [-0.15, -0.1) is 0 Å². The third kappa shape index (κ3) is 2.27. The summed E-state index contributed by atoms with van der Waals surface area (Å²) in [6.45, 7) is 0.